The second-order valence-corrected chi connectivity index (χ2v) is 5.96. The minimum absolute atomic E-state index is 0.195. The molecular formula is C20H19N3O3. The number of carbonyl (C=O) groups is 2. The van der Waals surface area contributed by atoms with E-state index in [2.05, 4.69) is 10.3 Å². The van der Waals surface area contributed by atoms with Gasteiger partial charge in [-0.2, -0.15) is 0 Å². The number of nitrogens with one attached hydrogen (secondary N) is 2. The van der Waals surface area contributed by atoms with E-state index in [1.807, 2.05) is 24.3 Å². The zero-order valence-corrected chi connectivity index (χ0v) is 14.0. The van der Waals surface area contributed by atoms with Crippen molar-refractivity contribution < 1.29 is 14.7 Å². The Bertz CT molecular complexity index is 958. The molecule has 0 radical (unpaired) electrons. The summed E-state index contributed by atoms with van der Waals surface area (Å²) in [6.07, 6.45) is 4.90. The fourth-order valence-corrected chi connectivity index (χ4v) is 2.72. The molecule has 0 saturated heterocycles. The number of amides is 1. The summed E-state index contributed by atoms with van der Waals surface area (Å²) in [5, 5.41) is 12.9. The van der Waals surface area contributed by atoms with Crippen LogP contribution in [0.25, 0.3) is 17.0 Å². The molecule has 0 aliphatic heterocycles. The second kappa shape index (κ2) is 7.57. The van der Waals surface area contributed by atoms with Crippen molar-refractivity contribution in [3.63, 3.8) is 0 Å². The maximum atomic E-state index is 12.1. The molecule has 2 aromatic carbocycles. The Hall–Kier alpha value is -3.54. The van der Waals surface area contributed by atoms with Crippen molar-refractivity contribution in [1.29, 1.82) is 0 Å². The van der Waals surface area contributed by atoms with Crippen LogP contribution < -0.4 is 11.1 Å². The Labute approximate surface area is 150 Å². The lowest BCUT2D eigenvalue weighted by molar-refractivity contribution is -0.141. The van der Waals surface area contributed by atoms with Gasteiger partial charge in [0.25, 0.3) is 0 Å². The van der Waals surface area contributed by atoms with E-state index in [0.29, 0.717) is 5.69 Å². The third-order valence-corrected chi connectivity index (χ3v) is 4.08. The highest BCUT2D eigenvalue weighted by molar-refractivity contribution is 5.94. The van der Waals surface area contributed by atoms with Gasteiger partial charge in [0.15, 0.2) is 0 Å². The minimum atomic E-state index is -1.08. The summed E-state index contributed by atoms with van der Waals surface area (Å²) >= 11 is 0. The monoisotopic (exact) mass is 349 g/mol. The van der Waals surface area contributed by atoms with Crippen molar-refractivity contribution in [2.45, 2.75) is 12.5 Å². The first-order chi connectivity index (χ1) is 12.5. The van der Waals surface area contributed by atoms with Gasteiger partial charge in [-0.15, -0.1) is 0 Å². The van der Waals surface area contributed by atoms with E-state index < -0.39 is 17.9 Å². The van der Waals surface area contributed by atoms with Gasteiger partial charge in [0.2, 0.25) is 5.91 Å². The van der Waals surface area contributed by atoms with Gasteiger partial charge in [-0.1, -0.05) is 30.3 Å². The number of rotatable bonds is 6. The number of carboxylic acids is 1. The van der Waals surface area contributed by atoms with Crippen molar-refractivity contribution in [2.24, 2.45) is 0 Å². The van der Waals surface area contributed by atoms with Crippen molar-refractivity contribution >= 4 is 34.5 Å². The van der Waals surface area contributed by atoms with Crippen molar-refractivity contribution in [1.82, 2.24) is 10.3 Å². The summed E-state index contributed by atoms with van der Waals surface area (Å²) in [6.45, 7) is 0. The molecule has 1 atom stereocenters. The van der Waals surface area contributed by atoms with E-state index in [-0.39, 0.29) is 6.42 Å². The number of H-pyrrole nitrogens is 1. The fourth-order valence-electron chi connectivity index (χ4n) is 2.72. The number of aliphatic carboxylic acids is 1. The number of para-hydroxylation sites is 1. The zero-order valence-electron chi connectivity index (χ0n) is 14.0. The van der Waals surface area contributed by atoms with Crippen LogP contribution in [0.3, 0.4) is 0 Å². The van der Waals surface area contributed by atoms with Crippen molar-refractivity contribution in [3.05, 3.63) is 71.9 Å². The maximum Gasteiger partial charge on any atom is 0.326 e. The summed E-state index contributed by atoms with van der Waals surface area (Å²) in [5.41, 5.74) is 8.83. The highest BCUT2D eigenvalue weighted by Crippen LogP contribution is 2.19. The molecule has 132 valence electrons. The number of anilines is 1. The summed E-state index contributed by atoms with van der Waals surface area (Å²) < 4.78 is 0. The zero-order chi connectivity index (χ0) is 18.5. The van der Waals surface area contributed by atoms with E-state index >= 15 is 0 Å². The molecule has 0 bridgehead atoms. The number of fused-ring (bicyclic) bond motifs is 1. The topological polar surface area (TPSA) is 108 Å². The second-order valence-electron chi connectivity index (χ2n) is 5.96. The number of aromatic nitrogens is 1. The lowest BCUT2D eigenvalue weighted by Crippen LogP contribution is -2.41. The molecule has 6 heteroatoms. The van der Waals surface area contributed by atoms with Gasteiger partial charge in [0, 0.05) is 35.3 Å². The first-order valence-electron chi connectivity index (χ1n) is 8.15. The number of aromatic amines is 1. The predicted octanol–water partition coefficient (Wildman–Crippen LogP) is 2.58. The van der Waals surface area contributed by atoms with Gasteiger partial charge >= 0.3 is 5.97 Å². The van der Waals surface area contributed by atoms with Crippen LogP contribution in [0.4, 0.5) is 5.69 Å². The summed E-state index contributed by atoms with van der Waals surface area (Å²) in [5.74, 6) is -1.54. The molecule has 0 saturated carbocycles. The first-order valence-corrected chi connectivity index (χ1v) is 8.15. The number of carbonyl (C=O) groups excluding carboxylic acids is 1. The summed E-state index contributed by atoms with van der Waals surface area (Å²) in [7, 11) is 0. The molecule has 6 nitrogen and oxygen atoms in total. The molecule has 3 aromatic rings. The molecule has 3 rings (SSSR count). The number of carboxylic acid groups (broad SMARTS) is 1. The Balaban J connectivity index is 1.69. The van der Waals surface area contributed by atoms with Crippen LogP contribution in [-0.2, 0) is 16.0 Å². The Morgan fingerprint density at radius 3 is 2.62 bits per heavy atom. The normalized spacial score (nSPS) is 12.3. The third-order valence-electron chi connectivity index (χ3n) is 4.08. The van der Waals surface area contributed by atoms with Gasteiger partial charge < -0.3 is 21.1 Å². The SMILES string of the molecule is Nc1ccc(/C=C\C(=O)N[C@@H](Cc2c[nH]c3ccccc23)C(=O)O)cc1. The van der Waals surface area contributed by atoms with Gasteiger partial charge in [0.05, 0.1) is 0 Å². The van der Waals surface area contributed by atoms with Gasteiger partial charge in [-0.25, -0.2) is 4.79 Å². The van der Waals surface area contributed by atoms with Crippen LogP contribution in [0.2, 0.25) is 0 Å². The quantitative estimate of drug-likeness (QED) is 0.405. The predicted molar refractivity (Wildman–Crippen MR) is 101 cm³/mol. The third kappa shape index (κ3) is 4.10. The van der Waals surface area contributed by atoms with Gasteiger partial charge in [-0.05, 0) is 35.4 Å². The molecule has 26 heavy (non-hydrogen) atoms. The molecule has 1 aromatic heterocycles. The van der Waals surface area contributed by atoms with Crippen LogP contribution in [0, 0.1) is 0 Å². The minimum Gasteiger partial charge on any atom is -0.480 e. The molecule has 1 heterocycles. The van der Waals surface area contributed by atoms with E-state index in [4.69, 9.17) is 5.73 Å². The Kier molecular flexibility index (Phi) is 5.03. The molecule has 5 N–H and O–H groups in total. The first kappa shape index (κ1) is 17.3. The average molecular weight is 349 g/mol. The van der Waals surface area contributed by atoms with Gasteiger partial charge in [0.1, 0.15) is 6.04 Å². The van der Waals surface area contributed by atoms with Crippen molar-refractivity contribution in [3.8, 4) is 0 Å². The lowest BCUT2D eigenvalue weighted by Gasteiger charge is -2.12. The Morgan fingerprint density at radius 1 is 1.15 bits per heavy atom. The van der Waals surface area contributed by atoms with Crippen LogP contribution in [0.15, 0.2) is 60.8 Å². The highest BCUT2D eigenvalue weighted by Gasteiger charge is 2.21. The molecule has 0 unspecified atom stereocenters. The Morgan fingerprint density at radius 2 is 1.88 bits per heavy atom. The van der Waals surface area contributed by atoms with Crippen LogP contribution in [-0.4, -0.2) is 28.0 Å². The van der Waals surface area contributed by atoms with Crippen LogP contribution >= 0.6 is 0 Å². The van der Waals surface area contributed by atoms with E-state index in [1.165, 1.54) is 6.08 Å². The molecule has 0 aliphatic rings. The van der Waals surface area contributed by atoms with Crippen molar-refractivity contribution in [2.75, 3.05) is 5.73 Å². The number of hydrogen-bond donors (Lipinski definition) is 4. The highest BCUT2D eigenvalue weighted by atomic mass is 16.4. The van der Waals surface area contributed by atoms with E-state index in [0.717, 1.165) is 22.0 Å². The average Bonchev–Trinajstić information content (AvgIpc) is 3.04. The fraction of sp³-hybridized carbons (Fsp3) is 0.100. The van der Waals surface area contributed by atoms with Crippen LogP contribution in [0.1, 0.15) is 11.1 Å². The summed E-state index contributed by atoms with van der Waals surface area (Å²) in [6, 6.07) is 13.6. The molecular weight excluding hydrogens is 330 g/mol. The molecule has 0 fully saturated rings. The largest absolute Gasteiger partial charge is 0.480 e. The van der Waals surface area contributed by atoms with E-state index in [9.17, 15) is 14.7 Å². The van der Waals surface area contributed by atoms with Crippen LogP contribution in [0.5, 0.6) is 0 Å². The number of nitrogens with two attached hydrogens (primary N) is 1. The molecule has 1 amide bonds. The standard InChI is InChI=1S/C20H19N3O3/c21-15-8-5-13(6-9-15)7-10-19(24)23-18(20(25)26)11-14-12-22-17-4-2-1-3-16(14)17/h1-10,12,18,22H,11,21H2,(H,23,24)(H,25,26)/b10-7-/t18-/m0/s1. The number of benzene rings is 2. The maximum absolute atomic E-state index is 12.1. The summed E-state index contributed by atoms with van der Waals surface area (Å²) in [4.78, 5) is 26.7. The smallest absolute Gasteiger partial charge is 0.326 e. The number of hydrogen-bond acceptors (Lipinski definition) is 3. The van der Waals surface area contributed by atoms with E-state index in [1.54, 1.807) is 36.5 Å². The lowest BCUT2D eigenvalue weighted by atomic mass is 10.0. The number of nitrogen functional groups attached to an aromatic ring is 1. The molecule has 0 aliphatic carbocycles. The molecule has 0 spiro atoms. The van der Waals surface area contributed by atoms with Gasteiger partial charge in [-0.3, -0.25) is 4.79 Å².